The van der Waals surface area contributed by atoms with E-state index in [4.69, 9.17) is 11.6 Å². The average molecular weight is 256 g/mol. The predicted octanol–water partition coefficient (Wildman–Crippen LogP) is 2.06. The van der Waals surface area contributed by atoms with Crippen LogP contribution in [0.5, 0.6) is 0 Å². The summed E-state index contributed by atoms with van der Waals surface area (Å²) < 4.78 is 13.8. The normalized spacial score (nSPS) is 28.2. The molecule has 0 aromatic carbocycles. The quantitative estimate of drug-likeness (QED) is 0.833. The molecule has 0 unspecified atom stereocenters. The van der Waals surface area contributed by atoms with E-state index in [1.807, 2.05) is 4.90 Å². The van der Waals surface area contributed by atoms with Crippen LogP contribution in [0.15, 0.2) is 12.3 Å². The van der Waals surface area contributed by atoms with Crippen LogP contribution in [0.25, 0.3) is 0 Å². The maximum atomic E-state index is 13.8. The van der Waals surface area contributed by atoms with Gasteiger partial charge in [0.05, 0.1) is 5.02 Å². The molecule has 3 nitrogen and oxygen atoms in total. The molecule has 1 aromatic rings. The summed E-state index contributed by atoms with van der Waals surface area (Å²) in [5, 5.41) is 3.84. The van der Waals surface area contributed by atoms with Crippen LogP contribution in [-0.4, -0.2) is 30.7 Å². The van der Waals surface area contributed by atoms with Crippen molar-refractivity contribution in [3.05, 3.63) is 23.1 Å². The van der Waals surface area contributed by atoms with E-state index in [1.54, 1.807) is 0 Å². The molecule has 17 heavy (non-hydrogen) atoms. The van der Waals surface area contributed by atoms with Gasteiger partial charge in [0.1, 0.15) is 0 Å². The fourth-order valence-corrected chi connectivity index (χ4v) is 3.00. The van der Waals surface area contributed by atoms with E-state index in [2.05, 4.69) is 10.3 Å². The molecule has 0 saturated carbocycles. The second kappa shape index (κ2) is 4.42. The minimum absolute atomic E-state index is 0.323. The Morgan fingerprint density at radius 2 is 2.35 bits per heavy atom. The van der Waals surface area contributed by atoms with Gasteiger partial charge in [-0.2, -0.15) is 0 Å². The lowest BCUT2D eigenvalue weighted by Crippen LogP contribution is -2.40. The van der Waals surface area contributed by atoms with Gasteiger partial charge in [0.25, 0.3) is 0 Å². The molecule has 1 aromatic heterocycles. The molecule has 0 spiro atoms. The Hall–Kier alpha value is -0.870. The molecule has 2 aliphatic rings. The number of aromatic nitrogens is 1. The Labute approximate surface area is 105 Å². The molecule has 0 radical (unpaired) electrons. The number of rotatable bonds is 1. The molecule has 3 rings (SSSR count). The number of nitrogens with one attached hydrogen (secondary N) is 1. The van der Waals surface area contributed by atoms with Gasteiger partial charge >= 0.3 is 0 Å². The van der Waals surface area contributed by atoms with Crippen molar-refractivity contribution in [2.24, 2.45) is 5.92 Å². The Bertz CT molecular complexity index is 412. The van der Waals surface area contributed by atoms with Crippen molar-refractivity contribution < 1.29 is 4.39 Å². The van der Waals surface area contributed by atoms with E-state index in [1.165, 1.54) is 25.1 Å². The van der Waals surface area contributed by atoms with Crippen molar-refractivity contribution in [2.45, 2.75) is 18.9 Å². The number of fused-ring (bicyclic) bond motifs is 1. The van der Waals surface area contributed by atoms with E-state index < -0.39 is 0 Å². The summed E-state index contributed by atoms with van der Waals surface area (Å²) in [6.45, 7) is 2.81. The van der Waals surface area contributed by atoms with Gasteiger partial charge in [-0.3, -0.25) is 0 Å². The zero-order chi connectivity index (χ0) is 11.8. The van der Waals surface area contributed by atoms with E-state index in [0.717, 1.165) is 19.6 Å². The van der Waals surface area contributed by atoms with Crippen molar-refractivity contribution >= 4 is 17.4 Å². The third-order valence-corrected chi connectivity index (χ3v) is 3.89. The molecule has 3 heterocycles. The average Bonchev–Trinajstić information content (AvgIpc) is 2.72. The molecule has 0 aliphatic carbocycles. The van der Waals surface area contributed by atoms with E-state index >= 15 is 0 Å². The van der Waals surface area contributed by atoms with Crippen LogP contribution in [0.4, 0.5) is 10.2 Å². The molecule has 2 atom stereocenters. The fraction of sp³-hybridized carbons (Fsp3) is 0.583. The number of anilines is 1. The topological polar surface area (TPSA) is 28.2 Å². The molecule has 2 saturated heterocycles. The lowest BCUT2D eigenvalue weighted by molar-refractivity contribution is 0.340. The molecule has 92 valence electrons. The molecule has 1 N–H and O–H groups in total. The van der Waals surface area contributed by atoms with Crippen LogP contribution >= 0.6 is 11.6 Å². The van der Waals surface area contributed by atoms with Gasteiger partial charge in [-0.05, 0) is 31.4 Å². The number of piperidine rings is 1. The molecular formula is C12H15ClFN3. The first-order valence-corrected chi connectivity index (χ1v) is 6.41. The zero-order valence-corrected chi connectivity index (χ0v) is 10.3. The zero-order valence-electron chi connectivity index (χ0n) is 9.50. The monoisotopic (exact) mass is 255 g/mol. The van der Waals surface area contributed by atoms with Crippen LogP contribution in [0.3, 0.4) is 0 Å². The van der Waals surface area contributed by atoms with Gasteiger partial charge in [-0.15, -0.1) is 0 Å². The third-order valence-electron chi connectivity index (χ3n) is 3.69. The van der Waals surface area contributed by atoms with Crippen molar-refractivity contribution in [1.82, 2.24) is 10.3 Å². The van der Waals surface area contributed by atoms with Crippen molar-refractivity contribution in [1.29, 1.82) is 0 Å². The van der Waals surface area contributed by atoms with Crippen molar-refractivity contribution in [2.75, 3.05) is 24.5 Å². The number of pyridine rings is 1. The van der Waals surface area contributed by atoms with Gasteiger partial charge in [0.2, 0.25) is 0 Å². The largest absolute Gasteiger partial charge is 0.352 e. The highest BCUT2D eigenvalue weighted by molar-refractivity contribution is 6.30. The Morgan fingerprint density at radius 3 is 3.12 bits per heavy atom. The fourth-order valence-electron chi connectivity index (χ4n) is 2.86. The Kier molecular flexibility index (Phi) is 2.92. The smallest absolute Gasteiger partial charge is 0.167 e. The van der Waals surface area contributed by atoms with Gasteiger partial charge < -0.3 is 10.2 Å². The van der Waals surface area contributed by atoms with Gasteiger partial charge in [0.15, 0.2) is 11.6 Å². The standard InChI is InChI=1S/C12H15ClFN3/c13-9-4-10(14)12(16-5-9)17-6-8-2-1-3-15-11(8)7-17/h4-5,8,11,15H,1-3,6-7H2/t8-,11+/m0/s1. The van der Waals surface area contributed by atoms with Gasteiger partial charge in [0, 0.05) is 25.3 Å². The minimum atomic E-state index is -0.323. The van der Waals surface area contributed by atoms with E-state index in [-0.39, 0.29) is 5.82 Å². The van der Waals surface area contributed by atoms with Crippen LogP contribution in [-0.2, 0) is 0 Å². The second-order valence-corrected chi connectivity index (χ2v) is 5.26. The first kappa shape index (κ1) is 11.2. The predicted molar refractivity (Wildman–Crippen MR) is 65.9 cm³/mol. The maximum absolute atomic E-state index is 13.8. The lowest BCUT2D eigenvalue weighted by atomic mass is 9.94. The summed E-state index contributed by atoms with van der Waals surface area (Å²) in [5.41, 5.74) is 0. The van der Waals surface area contributed by atoms with Gasteiger partial charge in [-0.1, -0.05) is 11.6 Å². The summed E-state index contributed by atoms with van der Waals surface area (Å²) in [6.07, 6.45) is 3.95. The summed E-state index contributed by atoms with van der Waals surface area (Å²) in [7, 11) is 0. The third kappa shape index (κ3) is 2.11. The molecular weight excluding hydrogens is 241 g/mol. The van der Waals surface area contributed by atoms with Gasteiger partial charge in [-0.25, -0.2) is 9.37 Å². The molecule has 2 aliphatic heterocycles. The Balaban J connectivity index is 1.81. The SMILES string of the molecule is Fc1cc(Cl)cnc1N1C[C@@H]2CCCN[C@@H]2C1. The van der Waals surface area contributed by atoms with E-state index in [9.17, 15) is 4.39 Å². The summed E-state index contributed by atoms with van der Waals surface area (Å²) in [4.78, 5) is 6.14. The first-order chi connectivity index (χ1) is 8.24. The van der Waals surface area contributed by atoms with Crippen molar-refractivity contribution in [3.63, 3.8) is 0 Å². The van der Waals surface area contributed by atoms with Crippen LogP contribution in [0.1, 0.15) is 12.8 Å². The number of halogens is 2. The highest BCUT2D eigenvalue weighted by Gasteiger charge is 2.35. The highest BCUT2D eigenvalue weighted by Crippen LogP contribution is 2.29. The lowest BCUT2D eigenvalue weighted by Gasteiger charge is -2.24. The molecule has 2 fully saturated rings. The number of hydrogen-bond donors (Lipinski definition) is 1. The van der Waals surface area contributed by atoms with E-state index in [0.29, 0.717) is 22.8 Å². The summed E-state index contributed by atoms with van der Waals surface area (Å²) in [6, 6.07) is 1.82. The number of hydrogen-bond acceptors (Lipinski definition) is 3. The Morgan fingerprint density at radius 1 is 1.47 bits per heavy atom. The van der Waals surface area contributed by atoms with Crippen molar-refractivity contribution in [3.8, 4) is 0 Å². The van der Waals surface area contributed by atoms with Crippen LogP contribution in [0.2, 0.25) is 5.02 Å². The highest BCUT2D eigenvalue weighted by atomic mass is 35.5. The number of nitrogens with zero attached hydrogens (tertiary/aromatic N) is 2. The molecule has 0 bridgehead atoms. The van der Waals surface area contributed by atoms with Crippen LogP contribution in [0, 0.1) is 11.7 Å². The first-order valence-electron chi connectivity index (χ1n) is 6.03. The summed E-state index contributed by atoms with van der Waals surface area (Å²) >= 11 is 5.71. The minimum Gasteiger partial charge on any atom is -0.352 e. The van der Waals surface area contributed by atoms with Crippen LogP contribution < -0.4 is 10.2 Å². The maximum Gasteiger partial charge on any atom is 0.167 e. The molecule has 5 heteroatoms. The second-order valence-electron chi connectivity index (χ2n) is 4.83. The summed E-state index contributed by atoms with van der Waals surface area (Å²) in [5.74, 6) is 0.738. The molecule has 0 amide bonds.